The molecular weight excluding hydrogens is 344 g/mol. The Morgan fingerprint density at radius 1 is 1.00 bits per heavy atom. The molecule has 3 rings (SSSR count). The Labute approximate surface area is 138 Å². The molecule has 0 unspecified atom stereocenters. The van der Waals surface area contributed by atoms with E-state index >= 15 is 0 Å². The molecule has 25 heavy (non-hydrogen) atoms. The quantitative estimate of drug-likeness (QED) is 0.557. The van der Waals surface area contributed by atoms with E-state index in [2.05, 4.69) is 20.4 Å². The zero-order chi connectivity index (χ0) is 18.0. The molecule has 10 heteroatoms. The van der Waals surface area contributed by atoms with Gasteiger partial charge in [0.15, 0.2) is 12.4 Å². The first-order valence-corrected chi connectivity index (χ1v) is 6.93. The summed E-state index contributed by atoms with van der Waals surface area (Å²) < 4.78 is 63.6. The van der Waals surface area contributed by atoms with Gasteiger partial charge in [-0.15, -0.1) is 0 Å². The maximum Gasteiger partial charge on any atom is 0.264 e. The minimum atomic E-state index is -1.74. The van der Waals surface area contributed by atoms with Crippen molar-refractivity contribution in [2.45, 2.75) is 13.5 Å². The molecule has 2 aromatic heterocycles. The number of benzene rings is 1. The van der Waals surface area contributed by atoms with Crippen molar-refractivity contribution in [1.29, 1.82) is 0 Å². The van der Waals surface area contributed by atoms with Gasteiger partial charge in [-0.1, -0.05) is 5.16 Å². The highest BCUT2D eigenvalue weighted by atomic mass is 19.2. The SMILES string of the molecule is Cc1noc(COc2ccc(Nc3c(F)c(F)nc(F)c3F)cc2)n1. The molecule has 130 valence electrons. The van der Waals surface area contributed by atoms with Crippen LogP contribution in [0, 0.1) is 30.5 Å². The Morgan fingerprint density at radius 2 is 1.64 bits per heavy atom. The Bertz CT molecular complexity index is 873. The fourth-order valence-corrected chi connectivity index (χ4v) is 1.92. The Balaban J connectivity index is 1.71. The molecule has 0 radical (unpaired) electrons. The van der Waals surface area contributed by atoms with Crippen LogP contribution in [0.5, 0.6) is 5.75 Å². The molecule has 0 aliphatic carbocycles. The third-order valence-corrected chi connectivity index (χ3v) is 3.05. The van der Waals surface area contributed by atoms with Gasteiger partial charge in [0.05, 0.1) is 0 Å². The minimum Gasteiger partial charge on any atom is -0.484 e. The largest absolute Gasteiger partial charge is 0.484 e. The third kappa shape index (κ3) is 3.67. The summed E-state index contributed by atoms with van der Waals surface area (Å²) in [6, 6.07) is 5.78. The van der Waals surface area contributed by atoms with Gasteiger partial charge in [0.1, 0.15) is 11.4 Å². The van der Waals surface area contributed by atoms with E-state index < -0.39 is 29.2 Å². The van der Waals surface area contributed by atoms with Gasteiger partial charge in [-0.3, -0.25) is 0 Å². The minimum absolute atomic E-state index is 0.0393. The number of hydrogen-bond acceptors (Lipinski definition) is 6. The number of anilines is 2. The molecule has 3 aromatic rings. The van der Waals surface area contributed by atoms with Crippen molar-refractivity contribution >= 4 is 11.4 Å². The van der Waals surface area contributed by atoms with Crippen LogP contribution in [0.3, 0.4) is 0 Å². The molecule has 0 atom stereocenters. The maximum absolute atomic E-state index is 13.6. The number of aryl methyl sites for hydroxylation is 1. The van der Waals surface area contributed by atoms with E-state index in [-0.39, 0.29) is 18.2 Å². The molecule has 0 aliphatic rings. The lowest BCUT2D eigenvalue weighted by Gasteiger charge is -2.10. The van der Waals surface area contributed by atoms with Crippen molar-refractivity contribution < 1.29 is 26.8 Å². The van der Waals surface area contributed by atoms with Crippen LogP contribution in [0.2, 0.25) is 0 Å². The second-order valence-electron chi connectivity index (χ2n) is 4.87. The van der Waals surface area contributed by atoms with E-state index in [0.29, 0.717) is 11.6 Å². The molecule has 1 N–H and O–H groups in total. The fraction of sp³-hybridized carbons (Fsp3) is 0.133. The number of nitrogens with zero attached hydrogens (tertiary/aromatic N) is 3. The lowest BCUT2D eigenvalue weighted by molar-refractivity contribution is 0.242. The van der Waals surface area contributed by atoms with Crippen LogP contribution < -0.4 is 10.1 Å². The van der Waals surface area contributed by atoms with Crippen molar-refractivity contribution in [3.8, 4) is 5.75 Å². The van der Waals surface area contributed by atoms with Crippen molar-refractivity contribution in [2.75, 3.05) is 5.32 Å². The van der Waals surface area contributed by atoms with Crippen molar-refractivity contribution in [2.24, 2.45) is 0 Å². The fourth-order valence-electron chi connectivity index (χ4n) is 1.92. The van der Waals surface area contributed by atoms with E-state index in [1.54, 1.807) is 6.92 Å². The van der Waals surface area contributed by atoms with Crippen LogP contribution in [-0.4, -0.2) is 15.1 Å². The summed E-state index contributed by atoms with van der Waals surface area (Å²) in [4.78, 5) is 6.44. The van der Waals surface area contributed by atoms with Gasteiger partial charge in [-0.2, -0.15) is 27.5 Å². The standard InChI is InChI=1S/C15H10F4N4O2/c1-7-20-10(25-23-7)6-24-9-4-2-8(3-5-9)21-13-11(16)14(18)22-15(19)12(13)17/h2-5H,6H2,1H3,(H,21,22). The van der Waals surface area contributed by atoms with Crippen LogP contribution >= 0.6 is 0 Å². The highest BCUT2D eigenvalue weighted by Gasteiger charge is 2.20. The zero-order valence-corrected chi connectivity index (χ0v) is 12.7. The lowest BCUT2D eigenvalue weighted by atomic mass is 10.2. The molecular formula is C15H10F4N4O2. The summed E-state index contributed by atoms with van der Waals surface area (Å²) in [5.74, 6) is -5.55. The second-order valence-corrected chi connectivity index (χ2v) is 4.87. The number of pyridine rings is 1. The number of hydrogen-bond donors (Lipinski definition) is 1. The van der Waals surface area contributed by atoms with Crippen LogP contribution in [0.25, 0.3) is 0 Å². The highest BCUT2D eigenvalue weighted by molar-refractivity contribution is 5.61. The summed E-state index contributed by atoms with van der Waals surface area (Å²) in [5, 5.41) is 5.87. The Kier molecular flexibility index (Phi) is 4.50. The summed E-state index contributed by atoms with van der Waals surface area (Å²) >= 11 is 0. The van der Waals surface area contributed by atoms with E-state index in [9.17, 15) is 17.6 Å². The Morgan fingerprint density at radius 3 is 2.20 bits per heavy atom. The topological polar surface area (TPSA) is 73.1 Å². The van der Waals surface area contributed by atoms with E-state index in [1.165, 1.54) is 24.3 Å². The number of ether oxygens (including phenoxy) is 1. The van der Waals surface area contributed by atoms with E-state index in [4.69, 9.17) is 9.26 Å². The van der Waals surface area contributed by atoms with Crippen LogP contribution in [-0.2, 0) is 6.61 Å². The van der Waals surface area contributed by atoms with Crippen LogP contribution in [0.1, 0.15) is 11.7 Å². The van der Waals surface area contributed by atoms with E-state index in [0.717, 1.165) is 0 Å². The number of aromatic nitrogens is 3. The van der Waals surface area contributed by atoms with E-state index in [1.807, 2.05) is 0 Å². The third-order valence-electron chi connectivity index (χ3n) is 3.05. The smallest absolute Gasteiger partial charge is 0.264 e. The molecule has 0 amide bonds. The number of nitrogens with one attached hydrogen (secondary N) is 1. The normalized spacial score (nSPS) is 10.8. The van der Waals surface area contributed by atoms with Crippen LogP contribution in [0.15, 0.2) is 28.8 Å². The van der Waals surface area contributed by atoms with Gasteiger partial charge in [-0.05, 0) is 31.2 Å². The van der Waals surface area contributed by atoms with Gasteiger partial charge >= 0.3 is 0 Å². The van der Waals surface area contributed by atoms with Gasteiger partial charge in [-0.25, -0.2) is 0 Å². The van der Waals surface area contributed by atoms with Gasteiger partial charge < -0.3 is 14.6 Å². The maximum atomic E-state index is 13.6. The van der Waals surface area contributed by atoms with Crippen molar-refractivity contribution in [3.63, 3.8) is 0 Å². The molecule has 0 spiro atoms. The monoisotopic (exact) mass is 354 g/mol. The average molecular weight is 354 g/mol. The van der Waals surface area contributed by atoms with Gasteiger partial charge in [0, 0.05) is 5.69 Å². The second kappa shape index (κ2) is 6.75. The average Bonchev–Trinajstić information content (AvgIpc) is 3.01. The van der Waals surface area contributed by atoms with Crippen LogP contribution in [0.4, 0.5) is 28.9 Å². The highest BCUT2D eigenvalue weighted by Crippen LogP contribution is 2.27. The zero-order valence-electron chi connectivity index (χ0n) is 12.7. The molecule has 0 saturated carbocycles. The van der Waals surface area contributed by atoms with Gasteiger partial charge in [0.25, 0.3) is 17.8 Å². The molecule has 6 nitrogen and oxygen atoms in total. The number of halogens is 4. The predicted octanol–water partition coefficient (Wildman–Crippen LogP) is 3.65. The summed E-state index contributed by atoms with van der Waals surface area (Å²) in [6.45, 7) is 1.70. The van der Waals surface area contributed by atoms with Crippen molar-refractivity contribution in [1.82, 2.24) is 15.1 Å². The Hall–Kier alpha value is -3.17. The molecule has 0 saturated heterocycles. The van der Waals surface area contributed by atoms with Gasteiger partial charge in [0.2, 0.25) is 11.6 Å². The number of rotatable bonds is 5. The first-order chi connectivity index (χ1) is 11.9. The molecule has 2 heterocycles. The van der Waals surface area contributed by atoms with Crippen molar-refractivity contribution in [3.05, 3.63) is 59.5 Å². The molecule has 1 aromatic carbocycles. The predicted molar refractivity (Wildman–Crippen MR) is 77.2 cm³/mol. The summed E-state index contributed by atoms with van der Waals surface area (Å²) in [5.41, 5.74) is -0.788. The lowest BCUT2D eigenvalue weighted by Crippen LogP contribution is -2.06. The molecule has 0 fully saturated rings. The molecule has 0 aliphatic heterocycles. The molecule has 0 bridgehead atoms. The summed E-state index contributed by atoms with van der Waals surface area (Å²) in [7, 11) is 0. The first-order valence-electron chi connectivity index (χ1n) is 6.93. The summed E-state index contributed by atoms with van der Waals surface area (Å²) in [6.07, 6.45) is 0. The first kappa shape index (κ1) is 16.7.